The average Bonchev–Trinajstić information content (AvgIpc) is 3.10. The molecule has 3 rings (SSSR count). The second kappa shape index (κ2) is 10.2. The molecule has 0 radical (unpaired) electrons. The largest absolute Gasteiger partial charge is 0.354 e. The topological polar surface area (TPSA) is 70.5 Å². The highest BCUT2D eigenvalue weighted by molar-refractivity contribution is 5.78. The van der Waals surface area contributed by atoms with E-state index in [1.54, 1.807) is 6.92 Å². The molecule has 0 unspecified atom stereocenters. The van der Waals surface area contributed by atoms with Gasteiger partial charge in [-0.1, -0.05) is 19.3 Å². The van der Waals surface area contributed by atoms with Crippen molar-refractivity contribution >= 4 is 11.8 Å². The lowest BCUT2D eigenvalue weighted by Gasteiger charge is -2.30. The summed E-state index contributed by atoms with van der Waals surface area (Å²) in [6.07, 6.45) is 7.61. The van der Waals surface area contributed by atoms with Crippen LogP contribution in [0.3, 0.4) is 0 Å². The Morgan fingerprint density at radius 2 is 1.83 bits per heavy atom. The van der Waals surface area contributed by atoms with E-state index in [2.05, 4.69) is 35.1 Å². The number of hydrogen-bond acceptors (Lipinski definition) is 4. The minimum Gasteiger partial charge on any atom is -0.354 e. The smallest absolute Gasteiger partial charge is 0.223 e. The quantitative estimate of drug-likeness (QED) is 0.759. The summed E-state index contributed by atoms with van der Waals surface area (Å²) in [7, 11) is 4.13. The monoisotopic (exact) mass is 403 g/mol. The highest BCUT2D eigenvalue weighted by Gasteiger charge is 2.25. The van der Waals surface area contributed by atoms with E-state index in [4.69, 9.17) is 5.10 Å². The van der Waals surface area contributed by atoms with Crippen molar-refractivity contribution in [3.8, 4) is 0 Å². The molecule has 1 aromatic rings. The van der Waals surface area contributed by atoms with Crippen LogP contribution in [-0.4, -0.2) is 65.1 Å². The average molecular weight is 404 g/mol. The highest BCUT2D eigenvalue weighted by atomic mass is 16.2. The van der Waals surface area contributed by atoms with E-state index in [9.17, 15) is 9.59 Å². The molecule has 7 heteroatoms. The second-order valence-corrected chi connectivity index (χ2v) is 8.93. The van der Waals surface area contributed by atoms with Crippen LogP contribution >= 0.6 is 0 Å². The maximum atomic E-state index is 12.4. The summed E-state index contributed by atoms with van der Waals surface area (Å²) in [6.45, 7) is 5.43. The highest BCUT2D eigenvalue weighted by Crippen LogP contribution is 2.28. The first-order valence-corrected chi connectivity index (χ1v) is 11.2. The molecule has 7 nitrogen and oxygen atoms in total. The predicted molar refractivity (Wildman–Crippen MR) is 113 cm³/mol. The van der Waals surface area contributed by atoms with Gasteiger partial charge in [0.05, 0.1) is 17.9 Å². The number of rotatable bonds is 7. The number of hydrogen-bond donors (Lipinski definition) is 1. The van der Waals surface area contributed by atoms with Crippen molar-refractivity contribution in [2.75, 3.05) is 33.7 Å². The number of nitrogens with zero attached hydrogens (tertiary/aromatic N) is 4. The molecule has 1 saturated heterocycles. The molecule has 2 aliphatic rings. The first-order valence-electron chi connectivity index (χ1n) is 11.2. The molecule has 0 aromatic carbocycles. The van der Waals surface area contributed by atoms with Gasteiger partial charge in [-0.05, 0) is 45.8 Å². The van der Waals surface area contributed by atoms with Crippen molar-refractivity contribution in [2.24, 2.45) is 5.92 Å². The van der Waals surface area contributed by atoms with Crippen LogP contribution in [0.15, 0.2) is 6.07 Å². The lowest BCUT2D eigenvalue weighted by molar-refractivity contribution is -0.130. The molecule has 0 atom stereocenters. The van der Waals surface area contributed by atoms with E-state index in [-0.39, 0.29) is 17.7 Å². The van der Waals surface area contributed by atoms with Gasteiger partial charge in [-0.3, -0.25) is 14.3 Å². The SMILES string of the molecule is CC(=O)N1CCC(c2cc(CN(C)C)n(CCNC(=O)C3CCCCC3)n2)CC1. The molecule has 2 amide bonds. The number of nitrogens with one attached hydrogen (secondary N) is 1. The van der Waals surface area contributed by atoms with E-state index in [1.165, 1.54) is 25.0 Å². The summed E-state index contributed by atoms with van der Waals surface area (Å²) < 4.78 is 2.06. The summed E-state index contributed by atoms with van der Waals surface area (Å²) >= 11 is 0. The van der Waals surface area contributed by atoms with Gasteiger partial charge >= 0.3 is 0 Å². The van der Waals surface area contributed by atoms with Crippen LogP contribution < -0.4 is 5.32 Å². The summed E-state index contributed by atoms with van der Waals surface area (Å²) in [4.78, 5) is 28.1. The molecule has 2 heterocycles. The molecule has 0 bridgehead atoms. The van der Waals surface area contributed by atoms with Crippen molar-refractivity contribution in [3.63, 3.8) is 0 Å². The van der Waals surface area contributed by atoms with E-state index < -0.39 is 0 Å². The van der Waals surface area contributed by atoms with E-state index >= 15 is 0 Å². The molecular formula is C22H37N5O2. The Kier molecular flexibility index (Phi) is 7.70. The van der Waals surface area contributed by atoms with Gasteiger partial charge in [0.2, 0.25) is 11.8 Å². The Morgan fingerprint density at radius 3 is 2.45 bits per heavy atom. The molecule has 1 aliphatic carbocycles. The van der Waals surface area contributed by atoms with Crippen LogP contribution in [0.1, 0.15) is 69.2 Å². The van der Waals surface area contributed by atoms with Crippen LogP contribution in [0.5, 0.6) is 0 Å². The van der Waals surface area contributed by atoms with Gasteiger partial charge in [0.25, 0.3) is 0 Å². The Hall–Kier alpha value is -1.89. The molecule has 2 fully saturated rings. The molecule has 162 valence electrons. The number of aromatic nitrogens is 2. The van der Waals surface area contributed by atoms with Crippen LogP contribution in [-0.2, 0) is 22.7 Å². The fourth-order valence-corrected chi connectivity index (χ4v) is 4.61. The van der Waals surface area contributed by atoms with Gasteiger partial charge < -0.3 is 15.1 Å². The zero-order chi connectivity index (χ0) is 20.8. The van der Waals surface area contributed by atoms with Crippen LogP contribution in [0.4, 0.5) is 0 Å². The number of piperidine rings is 1. The second-order valence-electron chi connectivity index (χ2n) is 8.93. The molecule has 29 heavy (non-hydrogen) atoms. The third-order valence-electron chi connectivity index (χ3n) is 6.32. The van der Waals surface area contributed by atoms with Crippen LogP contribution in [0.25, 0.3) is 0 Å². The van der Waals surface area contributed by atoms with Crippen molar-refractivity contribution < 1.29 is 9.59 Å². The molecule has 1 aromatic heterocycles. The summed E-state index contributed by atoms with van der Waals surface area (Å²) in [5, 5.41) is 8.03. The summed E-state index contributed by atoms with van der Waals surface area (Å²) in [5.41, 5.74) is 2.31. The zero-order valence-electron chi connectivity index (χ0n) is 18.3. The Bertz CT molecular complexity index is 685. The van der Waals surface area contributed by atoms with Crippen LogP contribution in [0.2, 0.25) is 0 Å². The third-order valence-corrected chi connectivity index (χ3v) is 6.32. The summed E-state index contributed by atoms with van der Waals surface area (Å²) in [6, 6.07) is 2.22. The predicted octanol–water partition coefficient (Wildman–Crippen LogP) is 2.37. The lowest BCUT2D eigenvalue weighted by atomic mass is 9.89. The zero-order valence-corrected chi connectivity index (χ0v) is 18.3. The fraction of sp³-hybridized carbons (Fsp3) is 0.773. The summed E-state index contributed by atoms with van der Waals surface area (Å²) in [5.74, 6) is 0.980. The normalized spacial score (nSPS) is 19.0. The van der Waals surface area contributed by atoms with Gasteiger partial charge in [-0.2, -0.15) is 5.10 Å². The van der Waals surface area contributed by atoms with Gasteiger partial charge in [-0.15, -0.1) is 0 Å². The first-order chi connectivity index (χ1) is 13.9. The number of amides is 2. The van der Waals surface area contributed by atoms with Crippen molar-refractivity contribution in [3.05, 3.63) is 17.5 Å². The van der Waals surface area contributed by atoms with Crippen molar-refractivity contribution in [1.82, 2.24) is 24.9 Å². The molecule has 1 saturated carbocycles. The minimum absolute atomic E-state index is 0.163. The maximum absolute atomic E-state index is 12.4. The van der Waals surface area contributed by atoms with Gasteiger partial charge in [-0.25, -0.2) is 0 Å². The van der Waals surface area contributed by atoms with Crippen LogP contribution in [0, 0.1) is 5.92 Å². The Balaban J connectivity index is 1.58. The van der Waals surface area contributed by atoms with E-state index in [0.29, 0.717) is 19.0 Å². The Morgan fingerprint density at radius 1 is 1.14 bits per heavy atom. The number of carbonyl (C=O) groups is 2. The molecular weight excluding hydrogens is 366 g/mol. The minimum atomic E-state index is 0.163. The fourth-order valence-electron chi connectivity index (χ4n) is 4.61. The van der Waals surface area contributed by atoms with Gasteiger partial charge in [0, 0.05) is 44.9 Å². The number of carbonyl (C=O) groups excluding carboxylic acids is 2. The van der Waals surface area contributed by atoms with E-state index in [1.807, 2.05) is 4.90 Å². The maximum Gasteiger partial charge on any atom is 0.223 e. The molecule has 0 spiro atoms. The third kappa shape index (κ3) is 6.04. The van der Waals surface area contributed by atoms with Crippen molar-refractivity contribution in [1.29, 1.82) is 0 Å². The lowest BCUT2D eigenvalue weighted by Crippen LogP contribution is -2.36. The van der Waals surface area contributed by atoms with Gasteiger partial charge in [0.15, 0.2) is 0 Å². The Labute approximate surface area is 174 Å². The molecule has 1 N–H and O–H groups in total. The van der Waals surface area contributed by atoms with Gasteiger partial charge in [0.1, 0.15) is 0 Å². The number of likely N-dealkylation sites (tertiary alicyclic amines) is 1. The molecule has 1 aliphatic heterocycles. The standard InChI is InChI=1S/C22H37N5O2/c1-17(28)26-12-9-18(10-13-26)21-15-20(16-25(2)3)27(24-21)14-11-23-22(29)19-7-5-4-6-8-19/h15,18-19H,4-14,16H2,1-3H3,(H,23,29). The first kappa shape index (κ1) is 21.8. The van der Waals surface area contributed by atoms with Crippen molar-refractivity contribution in [2.45, 2.75) is 70.9 Å². The van der Waals surface area contributed by atoms with E-state index in [0.717, 1.165) is 51.0 Å².